The topological polar surface area (TPSA) is 49.9 Å². The van der Waals surface area contributed by atoms with E-state index in [1.54, 1.807) is 18.2 Å². The summed E-state index contributed by atoms with van der Waals surface area (Å²) in [5, 5.41) is 10.9. The Balaban J connectivity index is 1.78. The lowest BCUT2D eigenvalue weighted by molar-refractivity contribution is -0.274. The average molecular weight is 328 g/mol. The Morgan fingerprint density at radius 3 is 2.41 bits per heavy atom. The lowest BCUT2D eigenvalue weighted by Gasteiger charge is -2.10. The third-order valence-electron chi connectivity index (χ3n) is 2.88. The maximum absolute atomic E-state index is 12.1. The lowest BCUT2D eigenvalue weighted by Crippen LogP contribution is -2.16. The highest BCUT2D eigenvalue weighted by Gasteiger charge is 2.30. The number of fused-ring (bicyclic) bond motifs is 1. The SMILES string of the molecule is FC(F)(F)Oc1ccc(Nc2ccc3n[nH]c(Cl)c3c2)cc1. The van der Waals surface area contributed by atoms with Gasteiger partial charge in [0.2, 0.25) is 0 Å². The van der Waals surface area contributed by atoms with Crippen LogP contribution in [0.3, 0.4) is 0 Å². The van der Waals surface area contributed by atoms with Crippen LogP contribution in [0, 0.1) is 0 Å². The fourth-order valence-electron chi connectivity index (χ4n) is 1.96. The van der Waals surface area contributed by atoms with Crippen LogP contribution in [0.15, 0.2) is 42.5 Å². The van der Waals surface area contributed by atoms with Crippen molar-refractivity contribution >= 4 is 33.9 Å². The molecule has 114 valence electrons. The predicted octanol–water partition coefficient (Wildman–Crippen LogP) is 4.86. The Morgan fingerprint density at radius 1 is 1.05 bits per heavy atom. The van der Waals surface area contributed by atoms with Gasteiger partial charge in [0.25, 0.3) is 0 Å². The number of nitrogens with one attached hydrogen (secondary N) is 2. The molecule has 0 saturated heterocycles. The number of hydrogen-bond acceptors (Lipinski definition) is 3. The number of ether oxygens (including phenoxy) is 1. The summed E-state index contributed by atoms with van der Waals surface area (Å²) in [5.41, 5.74) is 2.08. The second kappa shape index (κ2) is 5.42. The minimum Gasteiger partial charge on any atom is -0.406 e. The first kappa shape index (κ1) is 14.5. The molecule has 0 unspecified atom stereocenters. The Bertz CT molecular complexity index is 799. The van der Waals surface area contributed by atoms with E-state index in [-0.39, 0.29) is 5.75 Å². The molecule has 22 heavy (non-hydrogen) atoms. The highest BCUT2D eigenvalue weighted by Crippen LogP contribution is 2.28. The fraction of sp³-hybridized carbons (Fsp3) is 0.0714. The van der Waals surface area contributed by atoms with E-state index in [4.69, 9.17) is 11.6 Å². The number of benzene rings is 2. The van der Waals surface area contributed by atoms with Gasteiger partial charge in [0.1, 0.15) is 10.9 Å². The maximum Gasteiger partial charge on any atom is 0.573 e. The van der Waals surface area contributed by atoms with Crippen molar-refractivity contribution in [3.63, 3.8) is 0 Å². The lowest BCUT2D eigenvalue weighted by atomic mass is 10.2. The Hall–Kier alpha value is -2.41. The first-order chi connectivity index (χ1) is 10.4. The third-order valence-corrected chi connectivity index (χ3v) is 3.17. The van der Waals surface area contributed by atoms with E-state index >= 15 is 0 Å². The molecule has 0 amide bonds. The molecule has 0 radical (unpaired) electrons. The number of rotatable bonds is 3. The number of aromatic nitrogens is 2. The van der Waals surface area contributed by atoms with Crippen molar-refractivity contribution < 1.29 is 17.9 Å². The van der Waals surface area contributed by atoms with E-state index in [1.165, 1.54) is 24.3 Å². The van der Waals surface area contributed by atoms with Gasteiger partial charge in [-0.3, -0.25) is 5.10 Å². The highest BCUT2D eigenvalue weighted by molar-refractivity contribution is 6.34. The molecule has 2 N–H and O–H groups in total. The van der Waals surface area contributed by atoms with Gasteiger partial charge in [-0.25, -0.2) is 0 Å². The summed E-state index contributed by atoms with van der Waals surface area (Å²) in [6, 6.07) is 10.8. The molecule has 0 aliphatic rings. The van der Waals surface area contributed by atoms with Crippen molar-refractivity contribution in [3.8, 4) is 5.75 Å². The maximum atomic E-state index is 12.1. The van der Waals surface area contributed by atoms with Crippen molar-refractivity contribution in [2.75, 3.05) is 5.32 Å². The summed E-state index contributed by atoms with van der Waals surface area (Å²) < 4.78 is 40.1. The molecule has 0 aliphatic heterocycles. The van der Waals surface area contributed by atoms with Crippen LogP contribution in [0.1, 0.15) is 0 Å². The van der Waals surface area contributed by atoms with Gasteiger partial charge in [0, 0.05) is 16.8 Å². The van der Waals surface area contributed by atoms with Gasteiger partial charge in [-0.05, 0) is 42.5 Å². The molecule has 3 rings (SSSR count). The van der Waals surface area contributed by atoms with Gasteiger partial charge >= 0.3 is 6.36 Å². The molecule has 0 saturated carbocycles. The molecule has 2 aromatic carbocycles. The van der Waals surface area contributed by atoms with Gasteiger partial charge in [-0.1, -0.05) is 11.6 Å². The summed E-state index contributed by atoms with van der Waals surface area (Å²) in [6.07, 6.45) is -4.70. The molecule has 1 aromatic heterocycles. The molecular weight excluding hydrogens is 319 g/mol. The van der Waals surface area contributed by atoms with Crippen LogP contribution < -0.4 is 10.1 Å². The Labute approximate surface area is 127 Å². The predicted molar refractivity (Wildman–Crippen MR) is 77.5 cm³/mol. The van der Waals surface area contributed by atoms with Gasteiger partial charge in [-0.2, -0.15) is 5.10 Å². The van der Waals surface area contributed by atoms with Crippen LogP contribution in [0.5, 0.6) is 5.75 Å². The van der Waals surface area contributed by atoms with Crippen LogP contribution in [-0.4, -0.2) is 16.6 Å². The van der Waals surface area contributed by atoms with E-state index in [0.717, 1.165) is 16.6 Å². The van der Waals surface area contributed by atoms with Crippen LogP contribution >= 0.6 is 11.6 Å². The molecule has 3 aromatic rings. The van der Waals surface area contributed by atoms with Crippen molar-refractivity contribution in [1.82, 2.24) is 10.2 Å². The quantitative estimate of drug-likeness (QED) is 0.722. The number of nitrogens with zero attached hydrogens (tertiary/aromatic N) is 1. The molecule has 0 bridgehead atoms. The van der Waals surface area contributed by atoms with Crippen molar-refractivity contribution in [2.45, 2.75) is 6.36 Å². The number of H-pyrrole nitrogens is 1. The first-order valence-corrected chi connectivity index (χ1v) is 6.55. The zero-order valence-corrected chi connectivity index (χ0v) is 11.7. The van der Waals surface area contributed by atoms with Crippen molar-refractivity contribution in [2.24, 2.45) is 0 Å². The molecule has 8 heteroatoms. The molecule has 0 spiro atoms. The second-order valence-electron chi connectivity index (χ2n) is 4.47. The first-order valence-electron chi connectivity index (χ1n) is 6.17. The second-order valence-corrected chi connectivity index (χ2v) is 4.84. The number of aromatic amines is 1. The molecule has 0 fully saturated rings. The van der Waals surface area contributed by atoms with Crippen LogP contribution in [-0.2, 0) is 0 Å². The van der Waals surface area contributed by atoms with E-state index in [0.29, 0.717) is 10.8 Å². The minimum absolute atomic E-state index is 0.272. The van der Waals surface area contributed by atoms with E-state index < -0.39 is 6.36 Å². The van der Waals surface area contributed by atoms with Crippen molar-refractivity contribution in [3.05, 3.63) is 47.6 Å². The molecule has 4 nitrogen and oxygen atoms in total. The Kier molecular flexibility index (Phi) is 3.58. The van der Waals surface area contributed by atoms with Crippen molar-refractivity contribution in [1.29, 1.82) is 0 Å². The summed E-state index contributed by atoms with van der Waals surface area (Å²) in [6.45, 7) is 0. The van der Waals surface area contributed by atoms with Gasteiger partial charge in [0.05, 0.1) is 5.52 Å². The van der Waals surface area contributed by atoms with Gasteiger partial charge < -0.3 is 10.1 Å². The highest BCUT2D eigenvalue weighted by atomic mass is 35.5. The van der Waals surface area contributed by atoms with Gasteiger partial charge in [0.15, 0.2) is 0 Å². The number of hydrogen-bond donors (Lipinski definition) is 2. The number of anilines is 2. The average Bonchev–Trinajstić information content (AvgIpc) is 2.81. The fourth-order valence-corrected chi connectivity index (χ4v) is 2.16. The van der Waals surface area contributed by atoms with Crippen LogP contribution in [0.4, 0.5) is 24.5 Å². The van der Waals surface area contributed by atoms with E-state index in [1.807, 2.05) is 0 Å². The van der Waals surface area contributed by atoms with Gasteiger partial charge in [-0.15, -0.1) is 13.2 Å². The largest absolute Gasteiger partial charge is 0.573 e. The third kappa shape index (κ3) is 3.25. The molecule has 0 atom stereocenters. The molecular formula is C14H9ClF3N3O. The van der Waals surface area contributed by atoms with Crippen LogP contribution in [0.2, 0.25) is 5.15 Å². The summed E-state index contributed by atoms with van der Waals surface area (Å²) in [5.74, 6) is -0.272. The summed E-state index contributed by atoms with van der Waals surface area (Å²) in [4.78, 5) is 0. The standard InChI is InChI=1S/C14H9ClF3N3O/c15-13-11-7-9(3-6-12(11)20-21-13)19-8-1-4-10(5-2-8)22-14(16,17)18/h1-7,19H,(H,20,21). The summed E-state index contributed by atoms with van der Waals surface area (Å²) in [7, 11) is 0. The van der Waals surface area contributed by atoms with E-state index in [2.05, 4.69) is 20.3 Å². The zero-order chi connectivity index (χ0) is 15.7. The summed E-state index contributed by atoms with van der Waals surface area (Å²) >= 11 is 5.96. The zero-order valence-electron chi connectivity index (χ0n) is 10.9. The number of alkyl halides is 3. The minimum atomic E-state index is -4.70. The smallest absolute Gasteiger partial charge is 0.406 e. The monoisotopic (exact) mass is 327 g/mol. The van der Waals surface area contributed by atoms with Crippen LogP contribution in [0.25, 0.3) is 10.9 Å². The van der Waals surface area contributed by atoms with E-state index in [9.17, 15) is 13.2 Å². The number of halogens is 4. The molecule has 1 heterocycles. The molecule has 0 aliphatic carbocycles. The Morgan fingerprint density at radius 2 is 1.73 bits per heavy atom. The normalized spacial score (nSPS) is 11.6.